The number of nitrogens with one attached hydrogen (secondary N) is 1. The largest absolute Gasteiger partial charge is 0.508 e. The number of hydrogen-bond acceptors (Lipinski definition) is 8. The predicted octanol–water partition coefficient (Wildman–Crippen LogP) is 3.93. The number of nitroso groups, excluding NO2 is 1. The zero-order valence-electron chi connectivity index (χ0n) is 19.4. The fraction of sp³-hybridized carbons (Fsp3) is 0.192. The molecular formula is C26H22ClN3O6S. The molecule has 1 unspecified atom stereocenters. The minimum atomic E-state index is -1.05. The molecule has 190 valence electrons. The van der Waals surface area contributed by atoms with Crippen molar-refractivity contribution in [3.8, 4) is 0 Å². The maximum Gasteiger partial charge on any atom is 0.356 e. The average molecular weight is 540 g/mol. The molecule has 2 aliphatic heterocycles. The molecule has 1 saturated heterocycles. The molecule has 11 heteroatoms. The van der Waals surface area contributed by atoms with Crippen molar-refractivity contribution in [2.75, 3.05) is 11.6 Å². The first-order chi connectivity index (χ1) is 17.9. The number of carbonyl (C=O) groups excluding carboxylic acids is 3. The zero-order valence-corrected chi connectivity index (χ0v) is 20.9. The Morgan fingerprint density at radius 3 is 2.30 bits per heavy atom. The van der Waals surface area contributed by atoms with Crippen LogP contribution in [0.5, 0.6) is 0 Å². The van der Waals surface area contributed by atoms with Gasteiger partial charge in [-0.1, -0.05) is 73.3 Å². The molecular weight excluding hydrogens is 518 g/mol. The Morgan fingerprint density at radius 2 is 1.78 bits per heavy atom. The van der Waals surface area contributed by atoms with E-state index in [9.17, 15) is 24.4 Å². The fourth-order valence-electron chi connectivity index (χ4n) is 4.03. The van der Waals surface area contributed by atoms with Gasteiger partial charge in [-0.3, -0.25) is 14.5 Å². The highest BCUT2D eigenvalue weighted by Gasteiger charge is 2.54. The lowest BCUT2D eigenvalue weighted by molar-refractivity contribution is -0.154. The number of ether oxygens (including phenoxy) is 1. The van der Waals surface area contributed by atoms with Crippen molar-refractivity contribution >= 4 is 41.1 Å². The van der Waals surface area contributed by atoms with Crippen molar-refractivity contribution in [3.63, 3.8) is 0 Å². The van der Waals surface area contributed by atoms with Crippen molar-refractivity contribution in [1.29, 1.82) is 0 Å². The number of hydrogen-bond donors (Lipinski definition) is 2. The Kier molecular flexibility index (Phi) is 8.10. The first kappa shape index (κ1) is 26.2. The van der Waals surface area contributed by atoms with Gasteiger partial charge in [0.25, 0.3) is 11.8 Å². The van der Waals surface area contributed by atoms with E-state index in [1.165, 1.54) is 22.7 Å². The molecule has 2 N–H and O–H groups in total. The number of fused-ring (bicyclic) bond motifs is 1. The summed E-state index contributed by atoms with van der Waals surface area (Å²) in [4.78, 5) is 51.3. The Morgan fingerprint density at radius 1 is 1.19 bits per heavy atom. The summed E-state index contributed by atoms with van der Waals surface area (Å²) >= 11 is 6.78. The molecule has 2 heterocycles. The summed E-state index contributed by atoms with van der Waals surface area (Å²) in [5.41, 5.74) is 1.25. The number of rotatable bonds is 9. The molecule has 9 nitrogen and oxygen atoms in total. The number of aliphatic hydroxyl groups excluding tert-OH is 1. The number of alkyl halides is 1. The SMILES string of the molecule is C=CC1=C(C(=O)OC(c2ccccc2)c2ccccc2)N2C(=O)C(NC(=O)C(N=O)=C(O)CCl)[C@H]2SC1. The minimum Gasteiger partial charge on any atom is -0.508 e. The van der Waals surface area contributed by atoms with E-state index in [0.717, 1.165) is 11.1 Å². The van der Waals surface area contributed by atoms with Crippen molar-refractivity contribution in [2.24, 2.45) is 5.18 Å². The van der Waals surface area contributed by atoms with Crippen LogP contribution in [0.2, 0.25) is 0 Å². The molecule has 2 aromatic rings. The van der Waals surface area contributed by atoms with Crippen LogP contribution in [0.15, 0.2) is 101 Å². The van der Waals surface area contributed by atoms with E-state index in [1.54, 1.807) is 0 Å². The zero-order chi connectivity index (χ0) is 26.5. The van der Waals surface area contributed by atoms with E-state index in [-0.39, 0.29) is 5.70 Å². The van der Waals surface area contributed by atoms with E-state index in [1.807, 2.05) is 60.7 Å². The number of nitrogens with zero attached hydrogens (tertiary/aromatic N) is 2. The summed E-state index contributed by atoms with van der Waals surface area (Å²) in [6, 6.07) is 17.4. The van der Waals surface area contributed by atoms with Crippen LogP contribution in [0.1, 0.15) is 17.2 Å². The summed E-state index contributed by atoms with van der Waals surface area (Å²) in [6.45, 7) is 3.77. The van der Waals surface area contributed by atoms with Crippen LogP contribution >= 0.6 is 23.4 Å². The highest BCUT2D eigenvalue weighted by Crippen LogP contribution is 2.42. The van der Waals surface area contributed by atoms with Gasteiger partial charge in [0.15, 0.2) is 6.10 Å². The maximum absolute atomic E-state index is 13.5. The lowest BCUT2D eigenvalue weighted by atomic mass is 10.0. The Hall–Kier alpha value is -3.89. The molecule has 37 heavy (non-hydrogen) atoms. The predicted molar refractivity (Wildman–Crippen MR) is 139 cm³/mol. The molecule has 0 bridgehead atoms. The number of carbonyl (C=O) groups is 3. The summed E-state index contributed by atoms with van der Waals surface area (Å²) in [5.74, 6) is -3.21. The van der Waals surface area contributed by atoms with Crippen molar-refractivity contribution < 1.29 is 24.2 Å². The van der Waals surface area contributed by atoms with Gasteiger partial charge in [0.1, 0.15) is 22.9 Å². The van der Waals surface area contributed by atoms with Gasteiger partial charge in [0.05, 0.1) is 5.88 Å². The van der Waals surface area contributed by atoms with E-state index in [0.29, 0.717) is 11.3 Å². The molecule has 0 radical (unpaired) electrons. The highest BCUT2D eigenvalue weighted by molar-refractivity contribution is 8.00. The first-order valence-corrected chi connectivity index (χ1v) is 12.7. The topological polar surface area (TPSA) is 125 Å². The third-order valence-corrected chi connectivity index (χ3v) is 7.42. The molecule has 0 spiro atoms. The van der Waals surface area contributed by atoms with Gasteiger partial charge >= 0.3 is 5.97 Å². The second kappa shape index (κ2) is 11.4. The molecule has 4 rings (SSSR count). The molecule has 2 aromatic carbocycles. The van der Waals surface area contributed by atoms with E-state index in [4.69, 9.17) is 16.3 Å². The number of amides is 2. The van der Waals surface area contributed by atoms with E-state index >= 15 is 0 Å². The Bertz CT molecular complexity index is 1260. The quantitative estimate of drug-likeness (QED) is 0.123. The molecule has 2 aliphatic rings. The van der Waals surface area contributed by atoms with Crippen LogP contribution in [0.4, 0.5) is 0 Å². The van der Waals surface area contributed by atoms with Crippen LogP contribution in [-0.2, 0) is 19.1 Å². The minimum absolute atomic E-state index is 0.0407. The van der Waals surface area contributed by atoms with Gasteiger partial charge < -0.3 is 15.2 Å². The number of allylic oxidation sites excluding steroid dienone is 2. The second-order valence-electron chi connectivity index (χ2n) is 8.07. The van der Waals surface area contributed by atoms with E-state index < -0.39 is 52.6 Å². The van der Waals surface area contributed by atoms with Crippen LogP contribution in [-0.4, -0.2) is 50.8 Å². The van der Waals surface area contributed by atoms with Gasteiger partial charge in [-0.2, -0.15) is 0 Å². The van der Waals surface area contributed by atoms with Crippen LogP contribution in [0, 0.1) is 4.91 Å². The summed E-state index contributed by atoms with van der Waals surface area (Å²) in [7, 11) is 0. The van der Waals surface area contributed by atoms with Crippen molar-refractivity contribution in [1.82, 2.24) is 10.2 Å². The number of benzene rings is 2. The smallest absolute Gasteiger partial charge is 0.356 e. The standard InChI is InChI=1S/C26H22ClN3O6S/c1-2-15-14-37-25-20(28-23(32)19(29-35)18(31)13-27)24(33)30(25)21(15)26(34)36-22(16-9-5-3-6-10-16)17-11-7-4-8-12-17/h2-12,20,22,25,31H,1,13-14H2,(H,28,32)/t20?,25-/m1/s1. The third-order valence-electron chi connectivity index (χ3n) is 5.86. The maximum atomic E-state index is 13.5. The number of thioether (sulfide) groups is 1. The average Bonchev–Trinajstić information content (AvgIpc) is 2.94. The van der Waals surface area contributed by atoms with Gasteiger partial charge in [-0.05, 0) is 21.9 Å². The monoisotopic (exact) mass is 539 g/mol. The Balaban J connectivity index is 1.59. The van der Waals surface area contributed by atoms with Crippen molar-refractivity contribution in [3.05, 3.63) is 112 Å². The van der Waals surface area contributed by atoms with Crippen molar-refractivity contribution in [2.45, 2.75) is 17.5 Å². The van der Waals surface area contributed by atoms with E-state index in [2.05, 4.69) is 17.1 Å². The van der Waals surface area contributed by atoms with Gasteiger partial charge in [0, 0.05) is 5.75 Å². The highest BCUT2D eigenvalue weighted by atomic mass is 35.5. The number of halogens is 1. The molecule has 2 amide bonds. The number of β-lactam (4-membered cyclic amide) rings is 1. The second-order valence-corrected chi connectivity index (χ2v) is 9.44. The Labute approximate surface area is 221 Å². The number of aliphatic hydroxyl groups is 1. The lowest BCUT2D eigenvalue weighted by Crippen LogP contribution is -2.70. The van der Waals surface area contributed by atoms with Gasteiger partial charge in [0.2, 0.25) is 5.70 Å². The molecule has 0 saturated carbocycles. The molecule has 0 aliphatic carbocycles. The van der Waals surface area contributed by atoms with Gasteiger partial charge in [-0.25, -0.2) is 4.79 Å². The normalized spacial score (nSPS) is 19.4. The molecule has 2 atom stereocenters. The fourth-order valence-corrected chi connectivity index (χ4v) is 5.50. The summed E-state index contributed by atoms with van der Waals surface area (Å²) in [6.07, 6.45) is 0.771. The number of esters is 1. The van der Waals surface area contributed by atoms with Crippen LogP contribution in [0.25, 0.3) is 0 Å². The molecule has 0 aromatic heterocycles. The van der Waals surface area contributed by atoms with Gasteiger partial charge in [-0.15, -0.1) is 28.3 Å². The third kappa shape index (κ3) is 5.16. The lowest BCUT2D eigenvalue weighted by Gasteiger charge is -2.49. The first-order valence-electron chi connectivity index (χ1n) is 11.1. The van der Waals surface area contributed by atoms with Crippen LogP contribution in [0.3, 0.4) is 0 Å². The summed E-state index contributed by atoms with van der Waals surface area (Å²) < 4.78 is 5.97. The molecule has 1 fully saturated rings. The van der Waals surface area contributed by atoms with Crippen LogP contribution < -0.4 is 5.32 Å². The summed E-state index contributed by atoms with van der Waals surface area (Å²) in [5, 5.41) is 13.9.